The lowest BCUT2D eigenvalue weighted by Crippen LogP contribution is -2.41. The number of nitrogens with zero attached hydrogens (tertiary/aromatic N) is 1. The lowest BCUT2D eigenvalue weighted by atomic mass is 9.79. The minimum Gasteiger partial charge on any atom is -0.399 e. The molecule has 0 unspecified atom stereocenters. The van der Waals surface area contributed by atoms with Gasteiger partial charge in [0.05, 0.1) is 11.2 Å². The van der Waals surface area contributed by atoms with Crippen LogP contribution < -0.4 is 5.46 Å². The molecule has 0 aliphatic carbocycles. The van der Waals surface area contributed by atoms with Crippen LogP contribution in [0.2, 0.25) is 0 Å². The van der Waals surface area contributed by atoms with Gasteiger partial charge in [-0.25, -0.2) is 4.39 Å². The number of benzene rings is 1. The second-order valence-corrected chi connectivity index (χ2v) is 7.45. The third-order valence-electron chi connectivity index (χ3n) is 5.13. The average molecular weight is 305 g/mol. The molecule has 2 aliphatic rings. The Bertz CT molecular complexity index is 516. The maximum atomic E-state index is 13.2. The van der Waals surface area contributed by atoms with Crippen LogP contribution in [0.25, 0.3) is 0 Å². The van der Waals surface area contributed by atoms with E-state index in [2.05, 4.69) is 56.9 Å². The van der Waals surface area contributed by atoms with Crippen molar-refractivity contribution in [3.8, 4) is 0 Å². The van der Waals surface area contributed by atoms with E-state index < -0.39 is 6.17 Å². The van der Waals surface area contributed by atoms with E-state index in [1.165, 1.54) is 5.56 Å². The minimum atomic E-state index is -0.663. The first-order valence-corrected chi connectivity index (χ1v) is 8.08. The summed E-state index contributed by atoms with van der Waals surface area (Å²) in [5, 5.41) is 0. The fourth-order valence-corrected chi connectivity index (χ4v) is 2.95. The molecule has 3 nitrogen and oxygen atoms in total. The predicted molar refractivity (Wildman–Crippen MR) is 86.9 cm³/mol. The molecule has 22 heavy (non-hydrogen) atoms. The van der Waals surface area contributed by atoms with Gasteiger partial charge >= 0.3 is 7.12 Å². The second-order valence-electron chi connectivity index (χ2n) is 7.45. The molecule has 0 spiro atoms. The van der Waals surface area contributed by atoms with E-state index in [4.69, 9.17) is 9.31 Å². The van der Waals surface area contributed by atoms with Crippen molar-refractivity contribution in [3.05, 3.63) is 29.8 Å². The van der Waals surface area contributed by atoms with E-state index in [0.29, 0.717) is 13.0 Å². The van der Waals surface area contributed by atoms with E-state index in [1.54, 1.807) is 0 Å². The van der Waals surface area contributed by atoms with E-state index in [-0.39, 0.29) is 18.3 Å². The summed E-state index contributed by atoms with van der Waals surface area (Å²) in [4.78, 5) is 2.16. The fourth-order valence-electron chi connectivity index (χ4n) is 2.95. The van der Waals surface area contributed by atoms with Crippen LogP contribution in [0.3, 0.4) is 0 Å². The standard InChI is InChI=1S/C17H25BFNO2/c1-16(2)17(3,4)22-18(21-16)14-7-5-13(6-8-14)11-20-10-9-15(19)12-20/h5-8,15H,9-12H2,1-4H3/t15-/m0/s1. The highest BCUT2D eigenvalue weighted by molar-refractivity contribution is 6.62. The molecule has 2 fully saturated rings. The van der Waals surface area contributed by atoms with Crippen molar-refractivity contribution < 1.29 is 13.7 Å². The third-order valence-corrected chi connectivity index (χ3v) is 5.13. The molecule has 0 aromatic heterocycles. The maximum Gasteiger partial charge on any atom is 0.494 e. The van der Waals surface area contributed by atoms with Gasteiger partial charge in [0.2, 0.25) is 0 Å². The largest absolute Gasteiger partial charge is 0.494 e. The van der Waals surface area contributed by atoms with Gasteiger partial charge in [-0.3, -0.25) is 4.90 Å². The highest BCUT2D eigenvalue weighted by Gasteiger charge is 2.51. The molecule has 0 amide bonds. The Morgan fingerprint density at radius 1 is 1.14 bits per heavy atom. The Labute approximate surface area is 132 Å². The summed E-state index contributed by atoms with van der Waals surface area (Å²) >= 11 is 0. The number of rotatable bonds is 3. The molecule has 0 N–H and O–H groups in total. The lowest BCUT2D eigenvalue weighted by Gasteiger charge is -2.32. The van der Waals surface area contributed by atoms with Gasteiger partial charge in [0.25, 0.3) is 0 Å². The molecular formula is C17H25BFNO2. The van der Waals surface area contributed by atoms with E-state index >= 15 is 0 Å². The summed E-state index contributed by atoms with van der Waals surface area (Å²) in [5.74, 6) is 0. The summed E-state index contributed by atoms with van der Waals surface area (Å²) in [6.07, 6.45) is -0.00421. The van der Waals surface area contributed by atoms with E-state index in [1.807, 2.05) is 0 Å². The summed E-state index contributed by atoms with van der Waals surface area (Å²) < 4.78 is 25.3. The van der Waals surface area contributed by atoms with Crippen LogP contribution in [0.5, 0.6) is 0 Å². The van der Waals surface area contributed by atoms with Crippen molar-refractivity contribution in [2.45, 2.75) is 58.0 Å². The van der Waals surface area contributed by atoms with Crippen LogP contribution in [-0.4, -0.2) is 42.5 Å². The zero-order valence-electron chi connectivity index (χ0n) is 13.9. The van der Waals surface area contributed by atoms with Gasteiger partial charge in [-0.1, -0.05) is 24.3 Å². The van der Waals surface area contributed by atoms with Crippen LogP contribution in [0, 0.1) is 0 Å². The molecule has 3 rings (SSSR count). The first-order valence-electron chi connectivity index (χ1n) is 8.08. The molecule has 5 heteroatoms. The molecule has 0 radical (unpaired) electrons. The lowest BCUT2D eigenvalue weighted by molar-refractivity contribution is 0.00578. The molecule has 2 aliphatic heterocycles. The topological polar surface area (TPSA) is 21.7 Å². The number of likely N-dealkylation sites (tertiary alicyclic amines) is 1. The smallest absolute Gasteiger partial charge is 0.399 e. The highest BCUT2D eigenvalue weighted by Crippen LogP contribution is 2.36. The normalized spacial score (nSPS) is 27.5. The molecule has 1 atom stereocenters. The Kier molecular flexibility index (Phi) is 4.08. The zero-order valence-corrected chi connectivity index (χ0v) is 13.9. The molecule has 1 aromatic rings. The van der Waals surface area contributed by atoms with Crippen molar-refractivity contribution in [1.29, 1.82) is 0 Å². The van der Waals surface area contributed by atoms with Gasteiger partial charge in [0.1, 0.15) is 6.17 Å². The van der Waals surface area contributed by atoms with Crippen LogP contribution >= 0.6 is 0 Å². The molecule has 0 saturated carbocycles. The van der Waals surface area contributed by atoms with Gasteiger partial charge in [-0.15, -0.1) is 0 Å². The summed E-state index contributed by atoms with van der Waals surface area (Å²) in [5.41, 5.74) is 1.60. The number of alkyl halides is 1. The Morgan fingerprint density at radius 2 is 1.73 bits per heavy atom. The van der Waals surface area contributed by atoms with E-state index in [9.17, 15) is 4.39 Å². The number of hydrogen-bond donors (Lipinski definition) is 0. The number of halogens is 1. The zero-order chi connectivity index (χ0) is 16.0. The summed E-state index contributed by atoms with van der Waals surface area (Å²) in [7, 11) is -0.318. The Hall–Kier alpha value is -0.905. The average Bonchev–Trinajstić information content (AvgIpc) is 2.92. The van der Waals surface area contributed by atoms with Crippen molar-refractivity contribution in [2.75, 3.05) is 13.1 Å². The highest BCUT2D eigenvalue weighted by atomic mass is 19.1. The number of hydrogen-bond acceptors (Lipinski definition) is 3. The third kappa shape index (κ3) is 3.07. The first kappa shape index (κ1) is 16.0. The molecule has 120 valence electrons. The SMILES string of the molecule is CC1(C)OB(c2ccc(CN3CC[C@H](F)C3)cc2)OC1(C)C. The van der Waals surface area contributed by atoms with Gasteiger partial charge in [0.15, 0.2) is 0 Å². The second kappa shape index (κ2) is 5.62. The van der Waals surface area contributed by atoms with Crippen LogP contribution in [0.4, 0.5) is 4.39 Å². The fraction of sp³-hybridized carbons (Fsp3) is 0.647. The maximum absolute atomic E-state index is 13.2. The quantitative estimate of drug-likeness (QED) is 0.801. The van der Waals surface area contributed by atoms with Gasteiger partial charge in [-0.05, 0) is 45.1 Å². The van der Waals surface area contributed by atoms with Crippen molar-refractivity contribution in [1.82, 2.24) is 4.90 Å². The van der Waals surface area contributed by atoms with Crippen molar-refractivity contribution in [2.24, 2.45) is 0 Å². The van der Waals surface area contributed by atoms with Crippen molar-refractivity contribution in [3.63, 3.8) is 0 Å². The molecule has 2 saturated heterocycles. The summed E-state index contributed by atoms with van der Waals surface area (Å²) in [6, 6.07) is 8.29. The van der Waals surface area contributed by atoms with Gasteiger partial charge < -0.3 is 9.31 Å². The Balaban J connectivity index is 1.65. The molecule has 1 aromatic carbocycles. The van der Waals surface area contributed by atoms with Gasteiger partial charge in [0, 0.05) is 19.6 Å². The summed E-state index contributed by atoms with van der Waals surface area (Å²) in [6.45, 7) is 10.4. The molecular weight excluding hydrogens is 280 g/mol. The van der Waals surface area contributed by atoms with Crippen molar-refractivity contribution >= 4 is 12.6 Å². The van der Waals surface area contributed by atoms with Crippen LogP contribution in [0.15, 0.2) is 24.3 Å². The van der Waals surface area contributed by atoms with Crippen LogP contribution in [0.1, 0.15) is 39.7 Å². The molecule has 2 heterocycles. The first-order chi connectivity index (χ1) is 10.3. The molecule has 0 bridgehead atoms. The minimum absolute atomic E-state index is 0.317. The van der Waals surface area contributed by atoms with E-state index in [0.717, 1.165) is 18.6 Å². The van der Waals surface area contributed by atoms with Gasteiger partial charge in [-0.2, -0.15) is 0 Å². The predicted octanol–water partition coefficient (Wildman–Crippen LogP) is 2.53. The van der Waals surface area contributed by atoms with Crippen LogP contribution in [-0.2, 0) is 15.9 Å². The monoisotopic (exact) mass is 305 g/mol. The Morgan fingerprint density at radius 3 is 2.23 bits per heavy atom.